The van der Waals surface area contributed by atoms with E-state index in [1.165, 1.54) is 5.56 Å². The Morgan fingerprint density at radius 1 is 1.29 bits per heavy atom. The highest BCUT2D eigenvalue weighted by molar-refractivity contribution is 5.25. The Balaban J connectivity index is 2.13. The van der Waals surface area contributed by atoms with Gasteiger partial charge in [0.05, 0.1) is 5.60 Å². The van der Waals surface area contributed by atoms with Crippen LogP contribution in [0.15, 0.2) is 24.3 Å². The van der Waals surface area contributed by atoms with Crippen LogP contribution in [0.2, 0.25) is 0 Å². The first-order chi connectivity index (χ1) is 6.50. The molecule has 2 nitrogen and oxygen atoms in total. The highest BCUT2D eigenvalue weighted by Crippen LogP contribution is 2.43. The van der Waals surface area contributed by atoms with Crippen molar-refractivity contribution < 1.29 is 9.84 Å². The normalized spacial score (nSPS) is 25.9. The molecule has 76 valence electrons. The number of benzene rings is 1. The van der Waals surface area contributed by atoms with E-state index in [0.717, 1.165) is 5.56 Å². The number of ether oxygens (including phenoxy) is 1. The Morgan fingerprint density at radius 2 is 1.79 bits per heavy atom. The molecule has 1 N–H and O–H groups in total. The maximum Gasteiger partial charge on any atom is 0.117 e. The van der Waals surface area contributed by atoms with E-state index >= 15 is 0 Å². The molecule has 1 unspecified atom stereocenters. The van der Waals surface area contributed by atoms with Gasteiger partial charge in [0.15, 0.2) is 0 Å². The molecule has 1 heterocycles. The van der Waals surface area contributed by atoms with Gasteiger partial charge in [-0.3, -0.25) is 0 Å². The molecule has 0 amide bonds. The third-order valence-corrected chi connectivity index (χ3v) is 2.76. The van der Waals surface area contributed by atoms with E-state index < -0.39 is 6.10 Å². The van der Waals surface area contributed by atoms with E-state index in [1.807, 2.05) is 45.0 Å². The second-order valence-corrected chi connectivity index (χ2v) is 4.50. The predicted molar refractivity (Wildman–Crippen MR) is 55.1 cm³/mol. The van der Waals surface area contributed by atoms with Gasteiger partial charge in [0.25, 0.3) is 0 Å². The van der Waals surface area contributed by atoms with Gasteiger partial charge in [0.1, 0.15) is 12.2 Å². The molecule has 0 saturated carbocycles. The van der Waals surface area contributed by atoms with Crippen molar-refractivity contribution in [1.82, 2.24) is 0 Å². The number of aliphatic hydroxyl groups excluding tert-OH is 1. The third kappa shape index (κ3) is 1.68. The first kappa shape index (κ1) is 9.69. The molecule has 1 fully saturated rings. The first-order valence-electron chi connectivity index (χ1n) is 4.93. The summed E-state index contributed by atoms with van der Waals surface area (Å²) in [6, 6.07) is 7.93. The van der Waals surface area contributed by atoms with Crippen molar-refractivity contribution in [2.24, 2.45) is 0 Å². The fourth-order valence-corrected chi connectivity index (χ4v) is 1.68. The number of aryl methyl sites for hydroxylation is 1. The molecular formula is C12H16O2. The molecule has 1 aromatic rings. The van der Waals surface area contributed by atoms with Gasteiger partial charge < -0.3 is 9.84 Å². The number of rotatable bonds is 2. The second kappa shape index (κ2) is 3.07. The summed E-state index contributed by atoms with van der Waals surface area (Å²) in [5, 5.41) is 9.96. The van der Waals surface area contributed by atoms with Crippen LogP contribution in [0.1, 0.15) is 31.1 Å². The summed E-state index contributed by atoms with van der Waals surface area (Å²) < 4.78 is 5.40. The van der Waals surface area contributed by atoms with Gasteiger partial charge in [-0.05, 0) is 26.3 Å². The molecule has 0 radical (unpaired) electrons. The van der Waals surface area contributed by atoms with Gasteiger partial charge in [0.2, 0.25) is 0 Å². The van der Waals surface area contributed by atoms with Crippen molar-refractivity contribution in [2.45, 2.75) is 38.6 Å². The molecule has 0 bridgehead atoms. The van der Waals surface area contributed by atoms with Gasteiger partial charge in [-0.25, -0.2) is 0 Å². The lowest BCUT2D eigenvalue weighted by atomic mass is 9.99. The minimum absolute atomic E-state index is 0.0507. The minimum atomic E-state index is -0.495. The molecular weight excluding hydrogens is 176 g/mol. The van der Waals surface area contributed by atoms with Crippen molar-refractivity contribution >= 4 is 0 Å². The molecule has 0 spiro atoms. The van der Waals surface area contributed by atoms with Crippen molar-refractivity contribution in [3.63, 3.8) is 0 Å². The van der Waals surface area contributed by atoms with Crippen molar-refractivity contribution in [3.05, 3.63) is 35.4 Å². The summed E-state index contributed by atoms with van der Waals surface area (Å²) in [6.07, 6.45) is -0.546. The van der Waals surface area contributed by atoms with Crippen LogP contribution < -0.4 is 0 Å². The van der Waals surface area contributed by atoms with Gasteiger partial charge in [-0.2, -0.15) is 0 Å². The molecule has 14 heavy (non-hydrogen) atoms. The molecule has 1 aliphatic rings. The summed E-state index contributed by atoms with van der Waals surface area (Å²) in [5.74, 6) is 0. The zero-order valence-corrected chi connectivity index (χ0v) is 8.82. The Labute approximate surface area is 84.5 Å². The first-order valence-corrected chi connectivity index (χ1v) is 4.93. The van der Waals surface area contributed by atoms with E-state index in [1.54, 1.807) is 0 Å². The zero-order chi connectivity index (χ0) is 10.3. The number of epoxide rings is 1. The van der Waals surface area contributed by atoms with E-state index in [2.05, 4.69) is 0 Å². The quantitative estimate of drug-likeness (QED) is 0.729. The molecule has 2 atom stereocenters. The van der Waals surface area contributed by atoms with Gasteiger partial charge in [0, 0.05) is 0 Å². The largest absolute Gasteiger partial charge is 0.386 e. The fraction of sp³-hybridized carbons (Fsp3) is 0.500. The average Bonchev–Trinajstić information content (AvgIpc) is 2.75. The van der Waals surface area contributed by atoms with Gasteiger partial charge in [-0.15, -0.1) is 0 Å². The number of aliphatic hydroxyl groups is 1. The second-order valence-electron chi connectivity index (χ2n) is 4.50. The lowest BCUT2D eigenvalue weighted by Gasteiger charge is -2.09. The van der Waals surface area contributed by atoms with Crippen LogP contribution in [-0.2, 0) is 4.74 Å². The molecule has 1 saturated heterocycles. The Bertz CT molecular complexity index is 327. The summed E-state index contributed by atoms with van der Waals surface area (Å²) in [6.45, 7) is 6.03. The molecule has 1 aromatic carbocycles. The monoisotopic (exact) mass is 192 g/mol. The maximum atomic E-state index is 9.96. The van der Waals surface area contributed by atoms with Crippen LogP contribution in [0.25, 0.3) is 0 Å². The standard InChI is InChI=1S/C12H16O2/c1-8-4-6-9(7-5-8)10(13)11-12(2,3)14-11/h4-7,10-11,13H,1-3H3/t10?,11-/m0/s1. The van der Waals surface area contributed by atoms with Crippen LogP contribution in [0, 0.1) is 6.92 Å². The van der Waals surface area contributed by atoms with Gasteiger partial charge in [-0.1, -0.05) is 29.8 Å². The highest BCUT2D eigenvalue weighted by atomic mass is 16.6. The van der Waals surface area contributed by atoms with E-state index in [9.17, 15) is 5.11 Å². The minimum Gasteiger partial charge on any atom is -0.386 e. The van der Waals surface area contributed by atoms with E-state index in [0.29, 0.717) is 0 Å². The van der Waals surface area contributed by atoms with Crippen LogP contribution in [0.3, 0.4) is 0 Å². The third-order valence-electron chi connectivity index (χ3n) is 2.76. The SMILES string of the molecule is Cc1ccc(C(O)[C@@H]2OC2(C)C)cc1. The number of hydrogen-bond acceptors (Lipinski definition) is 2. The summed E-state index contributed by atoms with van der Waals surface area (Å²) in [7, 11) is 0. The van der Waals surface area contributed by atoms with Crippen LogP contribution >= 0.6 is 0 Å². The van der Waals surface area contributed by atoms with Crippen molar-refractivity contribution in [2.75, 3.05) is 0 Å². The predicted octanol–water partition coefficient (Wildman–Crippen LogP) is 2.21. The number of hydrogen-bond donors (Lipinski definition) is 1. The van der Waals surface area contributed by atoms with Crippen molar-refractivity contribution in [3.8, 4) is 0 Å². The fourth-order valence-electron chi connectivity index (χ4n) is 1.68. The molecule has 2 heteroatoms. The molecule has 0 aromatic heterocycles. The smallest absolute Gasteiger partial charge is 0.117 e. The maximum absolute atomic E-state index is 9.96. The summed E-state index contributed by atoms with van der Waals surface area (Å²) >= 11 is 0. The molecule has 1 aliphatic heterocycles. The average molecular weight is 192 g/mol. The molecule has 2 rings (SSSR count). The van der Waals surface area contributed by atoms with Crippen LogP contribution in [-0.4, -0.2) is 16.8 Å². The zero-order valence-electron chi connectivity index (χ0n) is 8.82. The van der Waals surface area contributed by atoms with Gasteiger partial charge >= 0.3 is 0 Å². The Kier molecular flexibility index (Phi) is 2.13. The van der Waals surface area contributed by atoms with E-state index in [-0.39, 0.29) is 11.7 Å². The Hall–Kier alpha value is -0.860. The lowest BCUT2D eigenvalue weighted by molar-refractivity contribution is 0.136. The topological polar surface area (TPSA) is 32.8 Å². The Morgan fingerprint density at radius 3 is 2.21 bits per heavy atom. The lowest BCUT2D eigenvalue weighted by Crippen LogP contribution is -2.12. The summed E-state index contributed by atoms with van der Waals surface area (Å²) in [4.78, 5) is 0. The highest BCUT2D eigenvalue weighted by Gasteiger charge is 2.52. The molecule has 0 aliphatic carbocycles. The van der Waals surface area contributed by atoms with Crippen molar-refractivity contribution in [1.29, 1.82) is 0 Å². The van der Waals surface area contributed by atoms with Crippen LogP contribution in [0.4, 0.5) is 0 Å². The van der Waals surface area contributed by atoms with E-state index in [4.69, 9.17) is 4.74 Å². The van der Waals surface area contributed by atoms with Crippen LogP contribution in [0.5, 0.6) is 0 Å². The summed E-state index contributed by atoms with van der Waals surface area (Å²) in [5.41, 5.74) is 1.98.